The molecule has 0 aromatic heterocycles. The fourth-order valence-corrected chi connectivity index (χ4v) is 1.15. The van der Waals surface area contributed by atoms with Gasteiger partial charge in [0.05, 0.1) is 0 Å². The average Bonchev–Trinajstić information content (AvgIpc) is 2.46. The summed E-state index contributed by atoms with van der Waals surface area (Å²) in [5, 5.41) is 16.3. The summed E-state index contributed by atoms with van der Waals surface area (Å²) in [7, 11) is 0. The van der Waals surface area contributed by atoms with E-state index in [1.165, 1.54) is 24.3 Å². The molecule has 0 heterocycles. The zero-order valence-corrected chi connectivity index (χ0v) is 13.1. The van der Waals surface area contributed by atoms with Crippen molar-refractivity contribution in [2.45, 2.75) is 25.7 Å². The van der Waals surface area contributed by atoms with Crippen molar-refractivity contribution in [2.75, 3.05) is 0 Å². The van der Waals surface area contributed by atoms with Crippen molar-refractivity contribution in [1.29, 1.82) is 0 Å². The normalized spacial score (nSPS) is 11.0. The Balaban J connectivity index is 0. The number of carbonyl (C=O) groups is 4. The number of carboxylic acids is 2. The van der Waals surface area contributed by atoms with Gasteiger partial charge < -0.3 is 21.7 Å². The second-order valence-corrected chi connectivity index (χ2v) is 4.25. The SMILES string of the molecule is NC(=O)C=CCCC=CC(N)=O.O=C(O)C=CCCC=CC(=O)O. The monoisotopic (exact) mass is 338 g/mol. The molecule has 24 heavy (non-hydrogen) atoms. The standard InChI is InChI=1S/C8H12N2O2.C8H10O4/c9-7(11)5-3-1-2-4-6-8(10)12;9-7(10)5-3-1-2-4-6-8(11)12/h3-6H,1-2H2,(H2,9,11)(H2,10,12);3-6H,1-2H2,(H,9,10)(H,11,12). The molecule has 0 aliphatic heterocycles. The Morgan fingerprint density at radius 3 is 1.04 bits per heavy atom. The number of rotatable bonds is 10. The largest absolute Gasteiger partial charge is 0.478 e. The van der Waals surface area contributed by atoms with Crippen LogP contribution in [0.15, 0.2) is 48.6 Å². The number of primary amides is 2. The number of carbonyl (C=O) groups excluding carboxylic acids is 2. The minimum absolute atomic E-state index is 0.464. The number of allylic oxidation sites excluding steroid dienone is 4. The minimum atomic E-state index is -0.989. The number of unbranched alkanes of at least 4 members (excludes halogenated alkanes) is 2. The van der Waals surface area contributed by atoms with Gasteiger partial charge in [0.1, 0.15) is 0 Å². The van der Waals surface area contributed by atoms with E-state index >= 15 is 0 Å². The third-order valence-electron chi connectivity index (χ3n) is 2.09. The zero-order valence-electron chi connectivity index (χ0n) is 13.1. The van der Waals surface area contributed by atoms with Gasteiger partial charge in [0.15, 0.2) is 0 Å². The van der Waals surface area contributed by atoms with Crippen LogP contribution in [0.3, 0.4) is 0 Å². The Morgan fingerprint density at radius 2 is 0.833 bits per heavy atom. The van der Waals surface area contributed by atoms with Gasteiger partial charge in [-0.15, -0.1) is 0 Å². The third kappa shape index (κ3) is 27.2. The van der Waals surface area contributed by atoms with Gasteiger partial charge in [0, 0.05) is 12.2 Å². The summed E-state index contributed by atoms with van der Waals surface area (Å²) in [6, 6.07) is 0. The molecule has 0 aliphatic carbocycles. The summed E-state index contributed by atoms with van der Waals surface area (Å²) in [6.45, 7) is 0. The van der Waals surface area contributed by atoms with Gasteiger partial charge in [0.2, 0.25) is 11.8 Å². The Bertz CT molecular complexity index is 437. The first-order valence-corrected chi connectivity index (χ1v) is 6.96. The summed E-state index contributed by atoms with van der Waals surface area (Å²) in [5.41, 5.74) is 9.68. The van der Waals surface area contributed by atoms with E-state index in [0.717, 1.165) is 12.2 Å². The molecule has 0 fully saturated rings. The Morgan fingerprint density at radius 1 is 0.583 bits per heavy atom. The first-order valence-electron chi connectivity index (χ1n) is 6.96. The lowest BCUT2D eigenvalue weighted by atomic mass is 10.2. The predicted molar refractivity (Wildman–Crippen MR) is 88.7 cm³/mol. The van der Waals surface area contributed by atoms with Gasteiger partial charge in [-0.3, -0.25) is 9.59 Å². The fourth-order valence-electron chi connectivity index (χ4n) is 1.15. The quantitative estimate of drug-likeness (QED) is 0.342. The molecule has 0 saturated carbocycles. The van der Waals surface area contributed by atoms with Crippen molar-refractivity contribution in [3.05, 3.63) is 48.6 Å². The maximum absolute atomic E-state index is 10.2. The van der Waals surface area contributed by atoms with E-state index in [1.54, 1.807) is 12.2 Å². The summed E-state index contributed by atoms with van der Waals surface area (Å²) < 4.78 is 0. The van der Waals surface area contributed by atoms with E-state index in [0.29, 0.717) is 25.7 Å². The van der Waals surface area contributed by atoms with Crippen LogP contribution in [0.1, 0.15) is 25.7 Å². The lowest BCUT2D eigenvalue weighted by molar-refractivity contribution is -0.132. The summed E-state index contributed by atoms with van der Waals surface area (Å²) in [5.74, 6) is -2.91. The first kappa shape index (κ1) is 23.1. The Hall–Kier alpha value is -3.16. The van der Waals surface area contributed by atoms with Crippen LogP contribution >= 0.6 is 0 Å². The molecule has 0 spiro atoms. The van der Waals surface area contributed by atoms with E-state index in [4.69, 9.17) is 21.7 Å². The van der Waals surface area contributed by atoms with E-state index in [-0.39, 0.29) is 0 Å². The second kappa shape index (κ2) is 16.2. The molecule has 0 bridgehead atoms. The second-order valence-electron chi connectivity index (χ2n) is 4.25. The van der Waals surface area contributed by atoms with Crippen LogP contribution in [-0.4, -0.2) is 34.0 Å². The fraction of sp³-hybridized carbons (Fsp3) is 0.250. The highest BCUT2D eigenvalue weighted by Crippen LogP contribution is 1.92. The topological polar surface area (TPSA) is 161 Å². The molecule has 0 radical (unpaired) electrons. The van der Waals surface area contributed by atoms with Crippen LogP contribution in [0.2, 0.25) is 0 Å². The highest BCUT2D eigenvalue weighted by atomic mass is 16.4. The van der Waals surface area contributed by atoms with Gasteiger partial charge in [-0.2, -0.15) is 0 Å². The van der Waals surface area contributed by atoms with Gasteiger partial charge >= 0.3 is 11.9 Å². The molecule has 2 amide bonds. The third-order valence-corrected chi connectivity index (χ3v) is 2.09. The molecule has 8 nitrogen and oxygen atoms in total. The molecule has 0 rings (SSSR count). The van der Waals surface area contributed by atoms with Crippen molar-refractivity contribution in [3.8, 4) is 0 Å². The minimum Gasteiger partial charge on any atom is -0.478 e. The van der Waals surface area contributed by atoms with E-state index in [9.17, 15) is 19.2 Å². The van der Waals surface area contributed by atoms with E-state index in [2.05, 4.69) is 0 Å². The van der Waals surface area contributed by atoms with Crippen LogP contribution in [0.25, 0.3) is 0 Å². The Labute approximate surface area is 139 Å². The predicted octanol–water partition coefficient (Wildman–Crippen LogP) is 0.898. The molecular weight excluding hydrogens is 316 g/mol. The molecule has 8 heteroatoms. The van der Waals surface area contributed by atoms with Crippen molar-refractivity contribution in [1.82, 2.24) is 0 Å². The molecule has 0 unspecified atom stereocenters. The summed E-state index contributed by atoms with van der Waals surface area (Å²) in [4.78, 5) is 40.2. The molecule has 6 N–H and O–H groups in total. The first-order chi connectivity index (χ1) is 11.3. The number of nitrogens with two attached hydrogens (primary N) is 2. The van der Waals surface area contributed by atoms with Crippen molar-refractivity contribution >= 4 is 23.8 Å². The van der Waals surface area contributed by atoms with Crippen LogP contribution in [-0.2, 0) is 19.2 Å². The van der Waals surface area contributed by atoms with Crippen molar-refractivity contribution in [2.24, 2.45) is 11.5 Å². The number of amides is 2. The van der Waals surface area contributed by atoms with Gasteiger partial charge in [-0.25, -0.2) is 9.59 Å². The zero-order chi connectivity index (χ0) is 18.8. The van der Waals surface area contributed by atoms with Crippen LogP contribution in [0.4, 0.5) is 0 Å². The van der Waals surface area contributed by atoms with Crippen LogP contribution in [0.5, 0.6) is 0 Å². The lowest BCUT2D eigenvalue weighted by Crippen LogP contribution is -2.05. The number of hydrogen-bond donors (Lipinski definition) is 4. The smallest absolute Gasteiger partial charge is 0.327 e. The lowest BCUT2D eigenvalue weighted by Gasteiger charge is -1.84. The van der Waals surface area contributed by atoms with E-state index < -0.39 is 23.8 Å². The maximum Gasteiger partial charge on any atom is 0.327 e. The van der Waals surface area contributed by atoms with Gasteiger partial charge in [-0.1, -0.05) is 24.3 Å². The molecular formula is C16H22N2O6. The summed E-state index contributed by atoms with van der Waals surface area (Å²) in [6.07, 6.45) is 13.3. The highest BCUT2D eigenvalue weighted by Gasteiger charge is 1.86. The molecule has 0 aromatic carbocycles. The number of hydrogen-bond acceptors (Lipinski definition) is 4. The van der Waals surface area contributed by atoms with Gasteiger partial charge in [0.25, 0.3) is 0 Å². The number of aliphatic carboxylic acids is 2. The molecule has 0 aliphatic rings. The Kier molecular flexibility index (Phi) is 15.6. The molecule has 0 saturated heterocycles. The summed E-state index contributed by atoms with van der Waals surface area (Å²) >= 11 is 0. The van der Waals surface area contributed by atoms with Gasteiger partial charge in [-0.05, 0) is 37.8 Å². The number of carboxylic acid groups (broad SMARTS) is 2. The molecule has 0 atom stereocenters. The average molecular weight is 338 g/mol. The molecule has 132 valence electrons. The van der Waals surface area contributed by atoms with E-state index in [1.807, 2.05) is 0 Å². The van der Waals surface area contributed by atoms with Crippen molar-refractivity contribution in [3.63, 3.8) is 0 Å². The maximum atomic E-state index is 10.2. The van der Waals surface area contributed by atoms with Crippen LogP contribution in [0, 0.1) is 0 Å². The molecule has 0 aromatic rings. The van der Waals surface area contributed by atoms with Crippen molar-refractivity contribution < 1.29 is 29.4 Å². The highest BCUT2D eigenvalue weighted by molar-refractivity contribution is 5.86. The van der Waals surface area contributed by atoms with Crippen LogP contribution < -0.4 is 11.5 Å².